The summed E-state index contributed by atoms with van der Waals surface area (Å²) in [6.07, 6.45) is 0. The molecular weight excluding hydrogens is 355 g/mol. The molecule has 0 radical (unpaired) electrons. The first-order chi connectivity index (χ1) is 12.1. The van der Waals surface area contributed by atoms with Gasteiger partial charge < -0.3 is 14.5 Å². The Balaban J connectivity index is 1.81. The second-order valence-electron chi connectivity index (χ2n) is 6.86. The van der Waals surface area contributed by atoms with E-state index in [4.69, 9.17) is 27.9 Å². The van der Waals surface area contributed by atoms with E-state index in [9.17, 15) is 0 Å². The molecule has 2 aliphatic heterocycles. The summed E-state index contributed by atoms with van der Waals surface area (Å²) in [6, 6.07) is 12.7. The Bertz CT molecular complexity index is 774. The lowest BCUT2D eigenvalue weighted by molar-refractivity contribution is 0.122. The molecule has 0 unspecified atom stereocenters. The molecule has 3 nitrogen and oxygen atoms in total. The maximum atomic E-state index is 6.52. The van der Waals surface area contributed by atoms with Crippen LogP contribution < -0.4 is 4.90 Å². The monoisotopic (exact) mass is 376 g/mol. The molecule has 1 fully saturated rings. The number of nitrogens with zero attached hydrogens (tertiary/aromatic N) is 2. The fourth-order valence-corrected chi connectivity index (χ4v) is 4.55. The number of anilines is 1. The molecule has 1 atom stereocenters. The smallest absolute Gasteiger partial charge is 0.0642 e. The van der Waals surface area contributed by atoms with E-state index in [1.54, 1.807) is 0 Å². The first kappa shape index (κ1) is 17.2. The number of morpholine rings is 1. The molecule has 0 aromatic heterocycles. The molecule has 0 N–H and O–H groups in total. The lowest BCUT2D eigenvalue weighted by Gasteiger charge is -2.37. The van der Waals surface area contributed by atoms with Crippen LogP contribution in [-0.2, 0) is 11.3 Å². The molecule has 2 heterocycles. The molecular formula is C20H22Cl2N2O. The van der Waals surface area contributed by atoms with Gasteiger partial charge in [-0.25, -0.2) is 0 Å². The van der Waals surface area contributed by atoms with E-state index in [2.05, 4.69) is 47.2 Å². The standard InChI is InChI=1S/C20H22Cl2N2O/c1-23-12-17(16-10-14(21)11-19(22)18(16)13-23)15-4-2-3-5-20(15)24-6-8-25-9-7-24/h2-5,10-11,17H,6-9,12-13H2,1H3/t17-/m0/s1. The van der Waals surface area contributed by atoms with Gasteiger partial charge in [-0.15, -0.1) is 0 Å². The van der Waals surface area contributed by atoms with Crippen LogP contribution in [0.25, 0.3) is 0 Å². The van der Waals surface area contributed by atoms with E-state index >= 15 is 0 Å². The third-order valence-corrected chi connectivity index (χ3v) is 5.71. The SMILES string of the molecule is CN1Cc2c(Cl)cc(Cl)cc2[C@H](c2ccccc2N2CCOCC2)C1. The van der Waals surface area contributed by atoms with Crippen LogP contribution in [0.1, 0.15) is 22.6 Å². The molecule has 0 amide bonds. The van der Waals surface area contributed by atoms with Crippen LogP contribution in [0.15, 0.2) is 36.4 Å². The van der Waals surface area contributed by atoms with Crippen molar-refractivity contribution in [2.75, 3.05) is 44.8 Å². The summed E-state index contributed by atoms with van der Waals surface area (Å²) in [5.41, 5.74) is 5.10. The number of benzene rings is 2. The van der Waals surface area contributed by atoms with Crippen LogP contribution in [0.4, 0.5) is 5.69 Å². The Kier molecular flexibility index (Phi) is 4.92. The van der Waals surface area contributed by atoms with Crippen molar-refractivity contribution in [2.24, 2.45) is 0 Å². The number of ether oxygens (including phenoxy) is 1. The number of hydrogen-bond donors (Lipinski definition) is 0. The van der Waals surface area contributed by atoms with Crippen molar-refractivity contribution < 1.29 is 4.74 Å². The van der Waals surface area contributed by atoms with Gasteiger partial charge in [-0.2, -0.15) is 0 Å². The van der Waals surface area contributed by atoms with Crippen LogP contribution >= 0.6 is 23.2 Å². The summed E-state index contributed by atoms with van der Waals surface area (Å²) in [5, 5.41) is 1.48. The van der Waals surface area contributed by atoms with E-state index < -0.39 is 0 Å². The molecule has 132 valence electrons. The Morgan fingerprint density at radius 2 is 1.80 bits per heavy atom. The molecule has 25 heavy (non-hydrogen) atoms. The first-order valence-corrected chi connectivity index (χ1v) is 9.47. The van der Waals surface area contributed by atoms with Crippen molar-refractivity contribution in [3.05, 3.63) is 63.1 Å². The number of likely N-dealkylation sites (N-methyl/N-ethyl adjacent to an activating group) is 1. The van der Waals surface area contributed by atoms with Crippen LogP contribution in [-0.4, -0.2) is 44.8 Å². The number of para-hydroxylation sites is 1. The predicted molar refractivity (Wildman–Crippen MR) is 104 cm³/mol. The first-order valence-electron chi connectivity index (χ1n) is 8.71. The quantitative estimate of drug-likeness (QED) is 0.771. The Hall–Kier alpha value is -1.26. The van der Waals surface area contributed by atoms with Crippen LogP contribution in [0, 0.1) is 0 Å². The van der Waals surface area contributed by atoms with Crippen LogP contribution in [0.3, 0.4) is 0 Å². The second-order valence-corrected chi connectivity index (χ2v) is 7.71. The molecule has 2 aromatic rings. The van der Waals surface area contributed by atoms with E-state index in [1.807, 2.05) is 6.07 Å². The zero-order valence-electron chi connectivity index (χ0n) is 14.3. The summed E-state index contributed by atoms with van der Waals surface area (Å²) < 4.78 is 5.53. The zero-order valence-corrected chi connectivity index (χ0v) is 15.9. The second kappa shape index (κ2) is 7.16. The molecule has 0 spiro atoms. The largest absolute Gasteiger partial charge is 0.378 e. The maximum absolute atomic E-state index is 6.52. The Morgan fingerprint density at radius 1 is 1.04 bits per heavy atom. The molecule has 5 heteroatoms. The summed E-state index contributed by atoms with van der Waals surface area (Å²) in [4.78, 5) is 4.77. The number of fused-ring (bicyclic) bond motifs is 1. The molecule has 2 aliphatic rings. The van der Waals surface area contributed by atoms with Gasteiger partial charge in [0.25, 0.3) is 0 Å². The van der Waals surface area contributed by atoms with Crippen molar-refractivity contribution in [3.63, 3.8) is 0 Å². The summed E-state index contributed by atoms with van der Waals surface area (Å²) in [6.45, 7) is 5.26. The minimum absolute atomic E-state index is 0.268. The maximum Gasteiger partial charge on any atom is 0.0642 e. The molecule has 0 saturated carbocycles. The fraction of sp³-hybridized carbons (Fsp3) is 0.400. The summed E-state index contributed by atoms with van der Waals surface area (Å²) in [7, 11) is 2.15. The van der Waals surface area contributed by atoms with Gasteiger partial charge in [-0.3, -0.25) is 0 Å². The third-order valence-electron chi connectivity index (χ3n) is 5.16. The highest BCUT2D eigenvalue weighted by atomic mass is 35.5. The van der Waals surface area contributed by atoms with Gasteiger partial charge in [-0.1, -0.05) is 41.4 Å². The van der Waals surface area contributed by atoms with Crippen molar-refractivity contribution in [3.8, 4) is 0 Å². The van der Waals surface area contributed by atoms with E-state index in [-0.39, 0.29) is 5.92 Å². The lowest BCUT2D eigenvalue weighted by Crippen LogP contribution is -2.38. The van der Waals surface area contributed by atoms with Gasteiger partial charge in [0.15, 0.2) is 0 Å². The van der Waals surface area contributed by atoms with E-state index in [1.165, 1.54) is 22.4 Å². The van der Waals surface area contributed by atoms with Gasteiger partial charge in [0, 0.05) is 47.8 Å². The van der Waals surface area contributed by atoms with Crippen molar-refractivity contribution in [1.29, 1.82) is 0 Å². The fourth-order valence-electron chi connectivity index (χ4n) is 3.99. The molecule has 1 saturated heterocycles. The lowest BCUT2D eigenvalue weighted by atomic mass is 9.83. The molecule has 4 rings (SSSR count). The average Bonchev–Trinajstić information content (AvgIpc) is 2.63. The topological polar surface area (TPSA) is 15.7 Å². The zero-order chi connectivity index (χ0) is 17.4. The van der Waals surface area contributed by atoms with Crippen molar-refractivity contribution in [1.82, 2.24) is 4.90 Å². The highest BCUT2D eigenvalue weighted by Gasteiger charge is 2.29. The average molecular weight is 377 g/mol. The van der Waals surface area contributed by atoms with Crippen LogP contribution in [0.2, 0.25) is 10.0 Å². The Labute approximate surface area is 159 Å². The Morgan fingerprint density at radius 3 is 2.60 bits per heavy atom. The van der Waals surface area contributed by atoms with Gasteiger partial charge in [0.2, 0.25) is 0 Å². The minimum atomic E-state index is 0.268. The van der Waals surface area contributed by atoms with Crippen LogP contribution in [0.5, 0.6) is 0 Å². The highest BCUT2D eigenvalue weighted by Crippen LogP contribution is 2.41. The molecule has 0 aliphatic carbocycles. The number of hydrogen-bond acceptors (Lipinski definition) is 3. The molecule has 0 bridgehead atoms. The van der Waals surface area contributed by atoms with Crippen molar-refractivity contribution in [2.45, 2.75) is 12.5 Å². The van der Waals surface area contributed by atoms with Gasteiger partial charge in [0.05, 0.1) is 13.2 Å². The van der Waals surface area contributed by atoms with E-state index in [0.717, 1.165) is 44.4 Å². The molecule has 2 aromatic carbocycles. The van der Waals surface area contributed by atoms with Gasteiger partial charge in [-0.05, 0) is 41.9 Å². The van der Waals surface area contributed by atoms with Crippen molar-refractivity contribution >= 4 is 28.9 Å². The summed E-state index contributed by atoms with van der Waals surface area (Å²) in [5.74, 6) is 0.268. The van der Waals surface area contributed by atoms with E-state index in [0.29, 0.717) is 5.02 Å². The minimum Gasteiger partial charge on any atom is -0.378 e. The number of halogens is 2. The van der Waals surface area contributed by atoms with Gasteiger partial charge >= 0.3 is 0 Å². The highest BCUT2D eigenvalue weighted by molar-refractivity contribution is 6.35. The normalized spacial score (nSPS) is 21.2. The third kappa shape index (κ3) is 3.39. The number of rotatable bonds is 2. The van der Waals surface area contributed by atoms with Gasteiger partial charge in [0.1, 0.15) is 0 Å². The predicted octanol–water partition coefficient (Wildman–Crippen LogP) is 4.41. The summed E-state index contributed by atoms with van der Waals surface area (Å²) >= 11 is 12.9.